The highest BCUT2D eigenvalue weighted by Gasteiger charge is 2.14. The molecule has 0 bridgehead atoms. The Morgan fingerprint density at radius 2 is 0.857 bits per heavy atom. The fourth-order valence-electron chi connectivity index (χ4n) is 6.41. The SMILES string of the molecule is CCCCCC/C=C\CCCCCCCCCCC(CCCCCCCCCC/C=C\CCCCCC(=O)OC)OC(=O)CCCN(C)C. The van der Waals surface area contributed by atoms with E-state index in [1.807, 2.05) is 0 Å². The van der Waals surface area contributed by atoms with Gasteiger partial charge in [0, 0.05) is 12.8 Å². The van der Waals surface area contributed by atoms with Crippen LogP contribution < -0.4 is 0 Å². The van der Waals surface area contributed by atoms with Gasteiger partial charge in [-0.05, 0) is 111 Å². The second-order valence-electron chi connectivity index (χ2n) is 14.8. The van der Waals surface area contributed by atoms with Crippen molar-refractivity contribution in [3.63, 3.8) is 0 Å². The molecule has 1 atom stereocenters. The molecular formula is C44H83NO4. The number of ether oxygens (including phenoxy) is 2. The van der Waals surface area contributed by atoms with Gasteiger partial charge in [-0.1, -0.05) is 134 Å². The lowest BCUT2D eigenvalue weighted by molar-refractivity contribution is -0.150. The van der Waals surface area contributed by atoms with Crippen LogP contribution in [0.25, 0.3) is 0 Å². The van der Waals surface area contributed by atoms with Crippen LogP contribution in [0.4, 0.5) is 0 Å². The summed E-state index contributed by atoms with van der Waals surface area (Å²) in [6.07, 6.45) is 48.0. The summed E-state index contributed by atoms with van der Waals surface area (Å²) in [5.41, 5.74) is 0. The molecule has 0 saturated heterocycles. The molecule has 0 fully saturated rings. The number of methoxy groups -OCH3 is 1. The molecule has 0 rings (SSSR count). The van der Waals surface area contributed by atoms with Crippen molar-refractivity contribution in [3.8, 4) is 0 Å². The van der Waals surface area contributed by atoms with Crippen LogP contribution in [-0.2, 0) is 19.1 Å². The molecule has 0 aliphatic carbocycles. The van der Waals surface area contributed by atoms with Gasteiger partial charge < -0.3 is 14.4 Å². The molecule has 0 aromatic rings. The molecule has 0 aromatic heterocycles. The van der Waals surface area contributed by atoms with Gasteiger partial charge in [-0.3, -0.25) is 9.59 Å². The summed E-state index contributed by atoms with van der Waals surface area (Å²) >= 11 is 0. The summed E-state index contributed by atoms with van der Waals surface area (Å²) < 4.78 is 10.7. The topological polar surface area (TPSA) is 55.8 Å². The number of unbranched alkanes of at least 4 members (excludes halogenated alkanes) is 23. The molecule has 0 heterocycles. The third-order valence-corrected chi connectivity index (χ3v) is 9.62. The highest BCUT2D eigenvalue weighted by atomic mass is 16.5. The van der Waals surface area contributed by atoms with E-state index >= 15 is 0 Å². The Morgan fingerprint density at radius 3 is 1.27 bits per heavy atom. The lowest BCUT2D eigenvalue weighted by Crippen LogP contribution is -2.20. The Hall–Kier alpha value is -1.62. The summed E-state index contributed by atoms with van der Waals surface area (Å²) in [6.45, 7) is 3.21. The van der Waals surface area contributed by atoms with Crippen LogP contribution >= 0.6 is 0 Å². The average molecular weight is 690 g/mol. The maximum atomic E-state index is 12.5. The summed E-state index contributed by atoms with van der Waals surface area (Å²) in [5, 5.41) is 0. The van der Waals surface area contributed by atoms with Crippen molar-refractivity contribution in [2.45, 2.75) is 218 Å². The predicted molar refractivity (Wildman–Crippen MR) is 212 cm³/mol. The molecule has 49 heavy (non-hydrogen) atoms. The molecule has 1 unspecified atom stereocenters. The molecule has 0 amide bonds. The highest BCUT2D eigenvalue weighted by Crippen LogP contribution is 2.19. The molecule has 0 aromatic carbocycles. The van der Waals surface area contributed by atoms with Crippen molar-refractivity contribution in [1.29, 1.82) is 0 Å². The summed E-state index contributed by atoms with van der Waals surface area (Å²) in [6, 6.07) is 0. The Labute approximate surface area is 305 Å². The van der Waals surface area contributed by atoms with Crippen molar-refractivity contribution >= 4 is 11.9 Å². The Bertz CT molecular complexity index is 762. The first kappa shape index (κ1) is 47.4. The fourth-order valence-corrected chi connectivity index (χ4v) is 6.41. The smallest absolute Gasteiger partial charge is 0.306 e. The number of rotatable bonds is 38. The van der Waals surface area contributed by atoms with Gasteiger partial charge in [0.25, 0.3) is 0 Å². The first-order valence-electron chi connectivity index (χ1n) is 21.2. The number of nitrogens with zero attached hydrogens (tertiary/aromatic N) is 1. The Kier molecular flexibility index (Phi) is 37.9. The van der Waals surface area contributed by atoms with Gasteiger partial charge >= 0.3 is 11.9 Å². The van der Waals surface area contributed by atoms with Gasteiger partial charge in [-0.15, -0.1) is 0 Å². The summed E-state index contributed by atoms with van der Waals surface area (Å²) in [7, 11) is 5.57. The first-order valence-corrected chi connectivity index (χ1v) is 21.2. The van der Waals surface area contributed by atoms with Crippen LogP contribution in [0, 0.1) is 0 Å². The second-order valence-corrected chi connectivity index (χ2v) is 14.8. The third-order valence-electron chi connectivity index (χ3n) is 9.62. The molecule has 0 saturated carbocycles. The van der Waals surface area contributed by atoms with Gasteiger partial charge in [-0.2, -0.15) is 0 Å². The van der Waals surface area contributed by atoms with Crippen molar-refractivity contribution in [2.24, 2.45) is 0 Å². The van der Waals surface area contributed by atoms with Crippen LogP contribution in [-0.4, -0.2) is 50.7 Å². The maximum Gasteiger partial charge on any atom is 0.306 e. The monoisotopic (exact) mass is 690 g/mol. The van der Waals surface area contributed by atoms with E-state index in [9.17, 15) is 9.59 Å². The number of carbonyl (C=O) groups is 2. The minimum atomic E-state index is -0.0942. The Balaban J connectivity index is 3.92. The molecule has 0 radical (unpaired) electrons. The van der Waals surface area contributed by atoms with E-state index in [1.54, 1.807) is 0 Å². The largest absolute Gasteiger partial charge is 0.469 e. The van der Waals surface area contributed by atoms with E-state index in [2.05, 4.69) is 55.0 Å². The number of carbonyl (C=O) groups excluding carboxylic acids is 2. The molecular weight excluding hydrogens is 606 g/mol. The van der Waals surface area contributed by atoms with Gasteiger partial charge in [-0.25, -0.2) is 0 Å². The van der Waals surface area contributed by atoms with Crippen LogP contribution in [0.1, 0.15) is 212 Å². The predicted octanol–water partition coefficient (Wildman–Crippen LogP) is 13.2. The summed E-state index contributed by atoms with van der Waals surface area (Å²) in [5.74, 6) is -0.0908. The van der Waals surface area contributed by atoms with Crippen LogP contribution in [0.5, 0.6) is 0 Å². The number of hydrogen-bond donors (Lipinski definition) is 0. The fraction of sp³-hybridized carbons (Fsp3) is 0.864. The van der Waals surface area contributed by atoms with E-state index < -0.39 is 0 Å². The van der Waals surface area contributed by atoms with Crippen molar-refractivity contribution < 1.29 is 19.1 Å². The molecule has 288 valence electrons. The zero-order valence-electron chi connectivity index (χ0n) is 33.3. The van der Waals surface area contributed by atoms with E-state index in [1.165, 1.54) is 155 Å². The van der Waals surface area contributed by atoms with Crippen molar-refractivity contribution in [3.05, 3.63) is 24.3 Å². The first-order chi connectivity index (χ1) is 24.0. The van der Waals surface area contributed by atoms with Crippen LogP contribution in [0.15, 0.2) is 24.3 Å². The third kappa shape index (κ3) is 39.0. The molecule has 0 aliphatic rings. The van der Waals surface area contributed by atoms with Crippen molar-refractivity contribution in [2.75, 3.05) is 27.7 Å². The maximum absolute atomic E-state index is 12.5. The molecule has 5 nitrogen and oxygen atoms in total. The van der Waals surface area contributed by atoms with E-state index in [0.29, 0.717) is 12.8 Å². The second kappa shape index (κ2) is 39.2. The molecule has 0 N–H and O–H groups in total. The number of hydrogen-bond acceptors (Lipinski definition) is 5. The zero-order chi connectivity index (χ0) is 35.9. The molecule has 0 aliphatic heterocycles. The van der Waals surface area contributed by atoms with E-state index in [4.69, 9.17) is 4.74 Å². The van der Waals surface area contributed by atoms with Crippen LogP contribution in [0.2, 0.25) is 0 Å². The molecule has 0 spiro atoms. The minimum Gasteiger partial charge on any atom is -0.469 e. The Morgan fingerprint density at radius 1 is 0.490 bits per heavy atom. The standard InChI is InChI=1S/C44H83NO4/c1-5-6-7-8-9-10-11-12-13-15-18-21-24-27-30-33-37-42(49-44(47)40-36-41-45(2)3)38-34-31-28-25-22-19-16-14-17-20-23-26-29-32-35-39-43(46)48-4/h10-11,20,23,42H,5-9,12-19,21-22,24-41H2,1-4H3/b11-10-,23-20-. The number of esters is 2. The van der Waals surface area contributed by atoms with Gasteiger partial charge in [0.2, 0.25) is 0 Å². The van der Waals surface area contributed by atoms with Gasteiger partial charge in [0.1, 0.15) is 6.10 Å². The normalized spacial score (nSPS) is 12.4. The van der Waals surface area contributed by atoms with Crippen molar-refractivity contribution in [1.82, 2.24) is 4.90 Å². The van der Waals surface area contributed by atoms with Gasteiger partial charge in [0.15, 0.2) is 0 Å². The molecule has 5 heteroatoms. The lowest BCUT2D eigenvalue weighted by Gasteiger charge is -2.18. The van der Waals surface area contributed by atoms with Gasteiger partial charge in [0.05, 0.1) is 7.11 Å². The highest BCUT2D eigenvalue weighted by molar-refractivity contribution is 5.69. The quantitative estimate of drug-likeness (QED) is 0.0367. The van der Waals surface area contributed by atoms with E-state index in [-0.39, 0.29) is 18.0 Å². The average Bonchev–Trinajstić information content (AvgIpc) is 3.08. The number of allylic oxidation sites excluding steroid dienone is 4. The summed E-state index contributed by atoms with van der Waals surface area (Å²) in [4.78, 5) is 25.8. The van der Waals surface area contributed by atoms with E-state index in [0.717, 1.165) is 51.5 Å². The van der Waals surface area contributed by atoms with Crippen LogP contribution in [0.3, 0.4) is 0 Å². The minimum absolute atomic E-state index is 0.00340. The zero-order valence-corrected chi connectivity index (χ0v) is 33.3. The lowest BCUT2D eigenvalue weighted by atomic mass is 10.0.